The molecule has 0 radical (unpaired) electrons. The van der Waals surface area contributed by atoms with Gasteiger partial charge in [0, 0.05) is 24.3 Å². The molecule has 1 amide bonds. The molecule has 0 bridgehead atoms. The summed E-state index contributed by atoms with van der Waals surface area (Å²) in [6.45, 7) is 3.15. The molecule has 0 saturated heterocycles. The third kappa shape index (κ3) is 2.27. The van der Waals surface area contributed by atoms with Gasteiger partial charge in [-0.1, -0.05) is 6.07 Å². The first-order valence-electron chi connectivity index (χ1n) is 7.01. The first-order valence-corrected chi connectivity index (χ1v) is 7.01. The lowest BCUT2D eigenvalue weighted by atomic mass is 10.2. The van der Waals surface area contributed by atoms with E-state index < -0.39 is 0 Å². The molecule has 0 aliphatic heterocycles. The van der Waals surface area contributed by atoms with Crippen LogP contribution in [0.2, 0.25) is 0 Å². The Kier molecular flexibility index (Phi) is 3.19. The van der Waals surface area contributed by atoms with Crippen LogP contribution in [-0.2, 0) is 11.3 Å². The topological polar surface area (TPSA) is 49.0 Å². The first kappa shape index (κ1) is 12.7. The minimum absolute atomic E-state index is 0.162. The standard InChI is InChI=1S/C16H17N3O/c1-2-19(14-5-6-14)16(20)11-18-8-7-13-4-3-12(10-17)9-15(13)18/h3-4,7-9,14H,2,5-6,11H2,1H3. The molecule has 1 aromatic carbocycles. The fraction of sp³-hybridized carbons (Fsp3) is 0.375. The fourth-order valence-corrected chi connectivity index (χ4v) is 2.65. The zero-order valence-electron chi connectivity index (χ0n) is 11.5. The van der Waals surface area contributed by atoms with Crippen molar-refractivity contribution in [3.05, 3.63) is 36.0 Å². The van der Waals surface area contributed by atoms with Crippen LogP contribution in [0.25, 0.3) is 10.9 Å². The van der Waals surface area contributed by atoms with Crippen molar-refractivity contribution in [1.82, 2.24) is 9.47 Å². The van der Waals surface area contributed by atoms with Crippen molar-refractivity contribution in [3.63, 3.8) is 0 Å². The molecule has 0 spiro atoms. The Hall–Kier alpha value is -2.28. The molecule has 102 valence electrons. The Bertz CT molecular complexity index is 691. The number of hydrogen-bond acceptors (Lipinski definition) is 2. The van der Waals surface area contributed by atoms with E-state index in [0.29, 0.717) is 18.2 Å². The molecule has 1 heterocycles. The third-order valence-electron chi connectivity index (χ3n) is 3.86. The van der Waals surface area contributed by atoms with Crippen molar-refractivity contribution in [3.8, 4) is 6.07 Å². The summed E-state index contributed by atoms with van der Waals surface area (Å²) in [5, 5.41) is 10.0. The average Bonchev–Trinajstić information content (AvgIpc) is 3.22. The summed E-state index contributed by atoms with van der Waals surface area (Å²) in [7, 11) is 0. The summed E-state index contributed by atoms with van der Waals surface area (Å²) < 4.78 is 1.93. The van der Waals surface area contributed by atoms with Gasteiger partial charge in [-0.3, -0.25) is 4.79 Å². The van der Waals surface area contributed by atoms with Gasteiger partial charge in [-0.05, 0) is 43.4 Å². The van der Waals surface area contributed by atoms with Crippen LogP contribution in [0.3, 0.4) is 0 Å². The lowest BCUT2D eigenvalue weighted by Gasteiger charge is -2.20. The van der Waals surface area contributed by atoms with E-state index in [2.05, 4.69) is 6.07 Å². The minimum atomic E-state index is 0.162. The predicted molar refractivity (Wildman–Crippen MR) is 77.1 cm³/mol. The number of nitriles is 1. The van der Waals surface area contributed by atoms with Crippen LogP contribution >= 0.6 is 0 Å². The van der Waals surface area contributed by atoms with Gasteiger partial charge >= 0.3 is 0 Å². The number of likely N-dealkylation sites (N-methyl/N-ethyl adjacent to an activating group) is 1. The Labute approximate surface area is 118 Å². The van der Waals surface area contributed by atoms with Crippen molar-refractivity contribution in [2.45, 2.75) is 32.4 Å². The molecule has 1 fully saturated rings. The maximum absolute atomic E-state index is 12.4. The second-order valence-electron chi connectivity index (χ2n) is 5.24. The molecule has 3 rings (SSSR count). The molecule has 1 aromatic heterocycles. The van der Waals surface area contributed by atoms with Gasteiger partial charge in [0.2, 0.25) is 5.91 Å². The molecular formula is C16H17N3O. The van der Waals surface area contributed by atoms with E-state index in [1.54, 1.807) is 6.07 Å². The summed E-state index contributed by atoms with van der Waals surface area (Å²) >= 11 is 0. The maximum atomic E-state index is 12.4. The molecule has 2 aromatic rings. The van der Waals surface area contributed by atoms with Crippen LogP contribution in [0.4, 0.5) is 0 Å². The Morgan fingerprint density at radius 3 is 2.90 bits per heavy atom. The summed E-state index contributed by atoms with van der Waals surface area (Å²) in [6.07, 6.45) is 4.18. The monoisotopic (exact) mass is 267 g/mol. The molecule has 4 heteroatoms. The fourth-order valence-electron chi connectivity index (χ4n) is 2.65. The van der Waals surface area contributed by atoms with E-state index >= 15 is 0 Å². The van der Waals surface area contributed by atoms with E-state index in [9.17, 15) is 4.79 Å². The van der Waals surface area contributed by atoms with Crippen LogP contribution in [0, 0.1) is 11.3 Å². The van der Waals surface area contributed by atoms with E-state index in [1.807, 2.05) is 40.8 Å². The van der Waals surface area contributed by atoms with Crippen LogP contribution in [0.1, 0.15) is 25.3 Å². The second-order valence-corrected chi connectivity index (χ2v) is 5.24. The number of aromatic nitrogens is 1. The van der Waals surface area contributed by atoms with Gasteiger partial charge in [0.25, 0.3) is 0 Å². The molecule has 20 heavy (non-hydrogen) atoms. The Balaban J connectivity index is 1.86. The number of amides is 1. The average molecular weight is 267 g/mol. The minimum Gasteiger partial charge on any atom is -0.338 e. The molecule has 1 aliphatic rings. The second kappa shape index (κ2) is 5.01. The number of carbonyl (C=O) groups excluding carboxylic acids is 1. The lowest BCUT2D eigenvalue weighted by molar-refractivity contribution is -0.132. The zero-order chi connectivity index (χ0) is 14.1. The number of rotatable bonds is 4. The van der Waals surface area contributed by atoms with Crippen LogP contribution in [0.5, 0.6) is 0 Å². The van der Waals surface area contributed by atoms with Crippen molar-refractivity contribution in [2.75, 3.05) is 6.54 Å². The number of nitrogens with zero attached hydrogens (tertiary/aromatic N) is 3. The summed E-state index contributed by atoms with van der Waals surface area (Å²) in [6, 6.07) is 10.1. The van der Waals surface area contributed by atoms with Crippen molar-refractivity contribution in [1.29, 1.82) is 5.26 Å². The van der Waals surface area contributed by atoms with Gasteiger partial charge in [-0.25, -0.2) is 0 Å². The SMILES string of the molecule is CCN(C(=O)Cn1ccc2ccc(C#N)cc21)C1CC1. The highest BCUT2D eigenvalue weighted by molar-refractivity contribution is 5.84. The molecule has 1 aliphatic carbocycles. The van der Waals surface area contributed by atoms with Gasteiger partial charge in [-0.2, -0.15) is 5.26 Å². The van der Waals surface area contributed by atoms with Crippen molar-refractivity contribution < 1.29 is 4.79 Å². The van der Waals surface area contributed by atoms with E-state index in [0.717, 1.165) is 30.3 Å². The van der Waals surface area contributed by atoms with E-state index in [1.165, 1.54) is 0 Å². The van der Waals surface area contributed by atoms with Gasteiger partial charge in [0.1, 0.15) is 6.54 Å². The molecule has 1 saturated carbocycles. The van der Waals surface area contributed by atoms with Crippen molar-refractivity contribution >= 4 is 16.8 Å². The molecule has 4 nitrogen and oxygen atoms in total. The quantitative estimate of drug-likeness (QED) is 0.854. The highest BCUT2D eigenvalue weighted by Crippen LogP contribution is 2.27. The van der Waals surface area contributed by atoms with Gasteiger partial charge in [0.15, 0.2) is 0 Å². The number of fused-ring (bicyclic) bond motifs is 1. The van der Waals surface area contributed by atoms with E-state index in [-0.39, 0.29) is 5.91 Å². The largest absolute Gasteiger partial charge is 0.338 e. The predicted octanol–water partition coefficient (Wildman–Crippen LogP) is 2.52. The number of benzene rings is 1. The normalized spacial score (nSPS) is 14.2. The highest BCUT2D eigenvalue weighted by atomic mass is 16.2. The molecule has 0 unspecified atom stereocenters. The third-order valence-corrected chi connectivity index (χ3v) is 3.86. The Morgan fingerprint density at radius 1 is 1.45 bits per heavy atom. The van der Waals surface area contributed by atoms with Gasteiger partial charge < -0.3 is 9.47 Å². The zero-order valence-corrected chi connectivity index (χ0v) is 11.5. The molecule has 0 N–H and O–H groups in total. The molecular weight excluding hydrogens is 250 g/mol. The lowest BCUT2D eigenvalue weighted by Crippen LogP contribution is -2.35. The van der Waals surface area contributed by atoms with Crippen LogP contribution in [0.15, 0.2) is 30.5 Å². The van der Waals surface area contributed by atoms with E-state index in [4.69, 9.17) is 5.26 Å². The van der Waals surface area contributed by atoms with Crippen molar-refractivity contribution in [2.24, 2.45) is 0 Å². The highest BCUT2D eigenvalue weighted by Gasteiger charge is 2.31. The first-order chi connectivity index (χ1) is 9.72. The van der Waals surface area contributed by atoms with Gasteiger partial charge in [-0.15, -0.1) is 0 Å². The number of hydrogen-bond donors (Lipinski definition) is 0. The smallest absolute Gasteiger partial charge is 0.242 e. The number of carbonyl (C=O) groups is 1. The summed E-state index contributed by atoms with van der Waals surface area (Å²) in [4.78, 5) is 14.3. The van der Waals surface area contributed by atoms with Crippen LogP contribution in [-0.4, -0.2) is 28.0 Å². The summed E-state index contributed by atoms with van der Waals surface area (Å²) in [5.74, 6) is 0.162. The van der Waals surface area contributed by atoms with Gasteiger partial charge in [0.05, 0.1) is 11.6 Å². The molecule has 0 atom stereocenters. The summed E-state index contributed by atoms with van der Waals surface area (Å²) in [5.41, 5.74) is 1.57. The van der Waals surface area contributed by atoms with Crippen LogP contribution < -0.4 is 0 Å². The maximum Gasteiger partial charge on any atom is 0.242 e. The Morgan fingerprint density at radius 2 is 2.25 bits per heavy atom.